The molecule has 0 saturated heterocycles. The Bertz CT molecular complexity index is 1100. The summed E-state index contributed by atoms with van der Waals surface area (Å²) in [4.78, 5) is 68.8. The van der Waals surface area contributed by atoms with Gasteiger partial charge < -0.3 is 37.5 Å². The Labute approximate surface area is 230 Å². The molecule has 0 fully saturated rings. The molecule has 39 heavy (non-hydrogen) atoms. The lowest BCUT2D eigenvalue weighted by atomic mass is 10.0. The SMILES string of the molecule is CSCCC(NC(=O)C(N)Cc1cnc[nH]1)C(=O)NC(Cc1ccccc1)C(=O)NC(CCC(N)=O)C(=O)O. The van der Waals surface area contributed by atoms with Crippen molar-refractivity contribution >= 4 is 41.4 Å². The molecule has 212 valence electrons. The molecule has 1 aromatic heterocycles. The minimum atomic E-state index is -1.38. The lowest BCUT2D eigenvalue weighted by Gasteiger charge is -2.25. The van der Waals surface area contributed by atoms with Crippen molar-refractivity contribution in [1.29, 1.82) is 0 Å². The second kappa shape index (κ2) is 16.1. The molecule has 0 spiro atoms. The van der Waals surface area contributed by atoms with E-state index < -0.39 is 53.8 Å². The molecule has 0 aliphatic heterocycles. The van der Waals surface area contributed by atoms with Gasteiger partial charge in [0.25, 0.3) is 0 Å². The molecule has 2 rings (SSSR count). The summed E-state index contributed by atoms with van der Waals surface area (Å²) in [6.45, 7) is 0. The van der Waals surface area contributed by atoms with Crippen molar-refractivity contribution in [3.8, 4) is 0 Å². The van der Waals surface area contributed by atoms with Crippen LogP contribution in [-0.4, -0.2) is 80.8 Å². The molecule has 4 amide bonds. The summed E-state index contributed by atoms with van der Waals surface area (Å²) in [5.41, 5.74) is 12.5. The number of aliphatic carboxylic acids is 1. The van der Waals surface area contributed by atoms with E-state index in [-0.39, 0.29) is 32.1 Å². The number of imidazole rings is 1. The van der Waals surface area contributed by atoms with E-state index in [9.17, 15) is 29.1 Å². The Morgan fingerprint density at radius 2 is 1.59 bits per heavy atom. The number of carboxylic acids is 1. The van der Waals surface area contributed by atoms with Crippen LogP contribution in [0.3, 0.4) is 0 Å². The molecule has 0 aliphatic rings. The van der Waals surface area contributed by atoms with Crippen LogP contribution in [0.4, 0.5) is 0 Å². The summed E-state index contributed by atoms with van der Waals surface area (Å²) >= 11 is 1.48. The first-order valence-corrected chi connectivity index (χ1v) is 13.7. The summed E-state index contributed by atoms with van der Waals surface area (Å²) in [5.74, 6) is -3.43. The standard InChI is InChI=1S/C25H35N7O6S/c1-39-10-9-18(30-22(34)17(26)12-16-13-28-14-29-16)23(35)32-20(11-15-5-3-2-4-6-15)24(36)31-19(25(37)38)7-8-21(27)33/h2-6,13-14,17-20H,7-12,26H2,1H3,(H2,27,33)(H,28,29)(H,30,34)(H,31,36)(H,32,35)(H,37,38). The number of aromatic nitrogens is 2. The zero-order valence-corrected chi connectivity index (χ0v) is 22.4. The van der Waals surface area contributed by atoms with Crippen LogP contribution in [0, 0.1) is 0 Å². The summed E-state index contributed by atoms with van der Waals surface area (Å²) in [7, 11) is 0. The predicted octanol–water partition coefficient (Wildman–Crippen LogP) is -0.920. The third-order valence-corrected chi connectivity index (χ3v) is 6.43. The van der Waals surface area contributed by atoms with E-state index in [0.717, 1.165) is 0 Å². The molecule has 0 saturated carbocycles. The predicted molar refractivity (Wildman–Crippen MR) is 145 cm³/mol. The molecule has 14 heteroatoms. The number of benzene rings is 1. The smallest absolute Gasteiger partial charge is 0.326 e. The molecule has 9 N–H and O–H groups in total. The minimum absolute atomic E-state index is 0.0586. The topological polar surface area (TPSA) is 222 Å². The zero-order valence-electron chi connectivity index (χ0n) is 21.6. The molecular formula is C25H35N7O6S. The van der Waals surface area contributed by atoms with Gasteiger partial charge in [0.1, 0.15) is 18.1 Å². The quantitative estimate of drug-likeness (QED) is 0.127. The Balaban J connectivity index is 2.18. The number of primary amides is 1. The van der Waals surface area contributed by atoms with Crippen molar-refractivity contribution in [2.24, 2.45) is 11.5 Å². The monoisotopic (exact) mass is 561 g/mol. The van der Waals surface area contributed by atoms with Crippen LogP contribution in [0.2, 0.25) is 0 Å². The second-order valence-electron chi connectivity index (χ2n) is 8.89. The number of thioether (sulfide) groups is 1. The fourth-order valence-corrected chi connectivity index (χ4v) is 4.13. The average Bonchev–Trinajstić information content (AvgIpc) is 3.41. The van der Waals surface area contributed by atoms with E-state index >= 15 is 0 Å². The van der Waals surface area contributed by atoms with Gasteiger partial charge in [-0.1, -0.05) is 30.3 Å². The molecule has 13 nitrogen and oxygen atoms in total. The Morgan fingerprint density at radius 1 is 0.949 bits per heavy atom. The highest BCUT2D eigenvalue weighted by Gasteiger charge is 2.30. The van der Waals surface area contributed by atoms with Gasteiger partial charge in [0, 0.05) is 31.2 Å². The number of nitrogens with one attached hydrogen (secondary N) is 4. The summed E-state index contributed by atoms with van der Waals surface area (Å²) < 4.78 is 0. The van der Waals surface area contributed by atoms with E-state index in [1.54, 1.807) is 36.5 Å². The van der Waals surface area contributed by atoms with E-state index in [1.165, 1.54) is 18.1 Å². The number of carbonyl (C=O) groups excluding carboxylic acids is 4. The maximum Gasteiger partial charge on any atom is 0.326 e. The number of H-pyrrole nitrogens is 1. The minimum Gasteiger partial charge on any atom is -0.480 e. The average molecular weight is 562 g/mol. The number of nitrogens with zero attached hydrogens (tertiary/aromatic N) is 1. The van der Waals surface area contributed by atoms with E-state index in [0.29, 0.717) is 17.0 Å². The summed E-state index contributed by atoms with van der Waals surface area (Å²) in [6, 6.07) is 4.36. The van der Waals surface area contributed by atoms with E-state index in [4.69, 9.17) is 11.5 Å². The summed E-state index contributed by atoms with van der Waals surface area (Å²) in [5, 5.41) is 17.2. The van der Waals surface area contributed by atoms with Gasteiger partial charge in [-0.25, -0.2) is 9.78 Å². The summed E-state index contributed by atoms with van der Waals surface area (Å²) in [6.07, 6.45) is 4.93. The van der Waals surface area contributed by atoms with Gasteiger partial charge in [-0.15, -0.1) is 0 Å². The Kier molecular flexibility index (Phi) is 13.0. The number of nitrogens with two attached hydrogens (primary N) is 2. The lowest BCUT2D eigenvalue weighted by molar-refractivity contribution is -0.142. The van der Waals surface area contributed by atoms with Crippen LogP contribution in [0.1, 0.15) is 30.5 Å². The van der Waals surface area contributed by atoms with Gasteiger partial charge >= 0.3 is 5.97 Å². The van der Waals surface area contributed by atoms with Crippen LogP contribution in [-0.2, 0) is 36.8 Å². The van der Waals surface area contributed by atoms with Gasteiger partial charge in [0.2, 0.25) is 23.6 Å². The fraction of sp³-hybridized carbons (Fsp3) is 0.440. The highest BCUT2D eigenvalue weighted by atomic mass is 32.2. The first-order valence-electron chi connectivity index (χ1n) is 12.3. The first kappa shape index (κ1) is 31.3. The first-order chi connectivity index (χ1) is 18.6. The number of hydrogen-bond acceptors (Lipinski definition) is 8. The third-order valence-electron chi connectivity index (χ3n) is 5.78. The van der Waals surface area contributed by atoms with Crippen LogP contribution < -0.4 is 27.4 Å². The number of hydrogen-bond donors (Lipinski definition) is 7. The fourth-order valence-electron chi connectivity index (χ4n) is 3.66. The van der Waals surface area contributed by atoms with Gasteiger partial charge in [-0.05, 0) is 30.4 Å². The molecule has 1 heterocycles. The highest BCUT2D eigenvalue weighted by Crippen LogP contribution is 2.08. The Hall–Kier alpha value is -3.91. The van der Waals surface area contributed by atoms with Crippen molar-refractivity contribution < 1.29 is 29.1 Å². The maximum absolute atomic E-state index is 13.3. The van der Waals surface area contributed by atoms with Crippen LogP contribution >= 0.6 is 11.8 Å². The van der Waals surface area contributed by atoms with Crippen LogP contribution in [0.25, 0.3) is 0 Å². The van der Waals surface area contributed by atoms with Crippen LogP contribution in [0.5, 0.6) is 0 Å². The largest absolute Gasteiger partial charge is 0.480 e. The Morgan fingerprint density at radius 3 is 2.18 bits per heavy atom. The lowest BCUT2D eigenvalue weighted by Crippen LogP contribution is -2.58. The van der Waals surface area contributed by atoms with Crippen molar-refractivity contribution in [1.82, 2.24) is 25.9 Å². The third kappa shape index (κ3) is 11.2. The molecule has 4 atom stereocenters. The van der Waals surface area contributed by atoms with Crippen molar-refractivity contribution in [3.05, 3.63) is 54.1 Å². The number of amides is 4. The number of rotatable bonds is 17. The molecule has 2 aromatic rings. The number of aromatic amines is 1. The van der Waals surface area contributed by atoms with Crippen molar-refractivity contribution in [3.63, 3.8) is 0 Å². The number of carbonyl (C=O) groups is 5. The normalized spacial score (nSPS) is 13.9. The van der Waals surface area contributed by atoms with E-state index in [2.05, 4.69) is 25.9 Å². The molecule has 0 aliphatic carbocycles. The molecule has 0 bridgehead atoms. The molecule has 1 aromatic carbocycles. The molecule has 4 unspecified atom stereocenters. The second-order valence-corrected chi connectivity index (χ2v) is 9.87. The number of carboxylic acid groups (broad SMARTS) is 1. The van der Waals surface area contributed by atoms with Gasteiger partial charge in [0.15, 0.2) is 0 Å². The van der Waals surface area contributed by atoms with Gasteiger partial charge in [-0.3, -0.25) is 19.2 Å². The van der Waals surface area contributed by atoms with Crippen LogP contribution in [0.15, 0.2) is 42.9 Å². The van der Waals surface area contributed by atoms with Gasteiger partial charge in [0.05, 0.1) is 12.4 Å². The van der Waals surface area contributed by atoms with Crippen molar-refractivity contribution in [2.75, 3.05) is 12.0 Å². The van der Waals surface area contributed by atoms with Gasteiger partial charge in [-0.2, -0.15) is 11.8 Å². The molecular weight excluding hydrogens is 526 g/mol. The zero-order chi connectivity index (χ0) is 28.8. The maximum atomic E-state index is 13.3. The molecule has 0 radical (unpaired) electrons. The van der Waals surface area contributed by atoms with Crippen molar-refractivity contribution in [2.45, 2.75) is 56.3 Å². The van der Waals surface area contributed by atoms with E-state index in [1.807, 2.05) is 6.26 Å². The highest BCUT2D eigenvalue weighted by molar-refractivity contribution is 7.98.